The number of benzene rings is 1. The van der Waals surface area contributed by atoms with Gasteiger partial charge in [0.15, 0.2) is 0 Å². The fraction of sp³-hybridized carbons (Fsp3) is 0.524. The van der Waals surface area contributed by atoms with Crippen molar-refractivity contribution >= 4 is 11.3 Å². The molecule has 0 saturated heterocycles. The van der Waals surface area contributed by atoms with Crippen LogP contribution in [-0.4, -0.2) is 37.7 Å². The SMILES string of the molecule is COc1ccc(C(CCN(C(C)C)C(C)C)c2cccs2)c(OC)c1. The van der Waals surface area contributed by atoms with Gasteiger partial charge in [-0.2, -0.15) is 0 Å². The number of thiophene rings is 1. The zero-order valence-corrected chi connectivity index (χ0v) is 17.1. The van der Waals surface area contributed by atoms with Gasteiger partial charge in [-0.15, -0.1) is 11.3 Å². The predicted molar refractivity (Wildman–Crippen MR) is 107 cm³/mol. The first-order chi connectivity index (χ1) is 12.0. The lowest BCUT2D eigenvalue weighted by atomic mass is 9.92. The van der Waals surface area contributed by atoms with E-state index in [1.165, 1.54) is 10.4 Å². The Hall–Kier alpha value is -1.52. The maximum Gasteiger partial charge on any atom is 0.126 e. The van der Waals surface area contributed by atoms with Crippen molar-refractivity contribution in [2.45, 2.75) is 52.1 Å². The molecule has 0 amide bonds. The first-order valence-corrected chi connectivity index (χ1v) is 9.87. The van der Waals surface area contributed by atoms with Crippen molar-refractivity contribution in [1.82, 2.24) is 4.90 Å². The lowest BCUT2D eigenvalue weighted by molar-refractivity contribution is 0.170. The number of nitrogens with zero attached hydrogens (tertiary/aromatic N) is 1. The first-order valence-electron chi connectivity index (χ1n) is 8.99. The van der Waals surface area contributed by atoms with Gasteiger partial charge in [0.05, 0.1) is 14.2 Å². The molecule has 0 saturated carbocycles. The van der Waals surface area contributed by atoms with E-state index in [9.17, 15) is 0 Å². The van der Waals surface area contributed by atoms with Crippen LogP contribution in [0.2, 0.25) is 0 Å². The van der Waals surface area contributed by atoms with Crippen LogP contribution in [0.25, 0.3) is 0 Å². The van der Waals surface area contributed by atoms with Gasteiger partial charge in [-0.1, -0.05) is 12.1 Å². The van der Waals surface area contributed by atoms with Gasteiger partial charge in [0, 0.05) is 34.5 Å². The van der Waals surface area contributed by atoms with Crippen LogP contribution in [0, 0.1) is 0 Å². The van der Waals surface area contributed by atoms with Crippen LogP contribution in [0.4, 0.5) is 0 Å². The van der Waals surface area contributed by atoms with Crippen molar-refractivity contribution in [3.05, 3.63) is 46.2 Å². The maximum atomic E-state index is 5.68. The van der Waals surface area contributed by atoms with Crippen LogP contribution >= 0.6 is 11.3 Å². The molecule has 1 unspecified atom stereocenters. The molecule has 0 fully saturated rings. The lowest BCUT2D eigenvalue weighted by Crippen LogP contribution is -2.38. The molecule has 0 aliphatic heterocycles. The third kappa shape index (κ3) is 4.99. The van der Waals surface area contributed by atoms with Crippen LogP contribution in [0.3, 0.4) is 0 Å². The molecule has 0 N–H and O–H groups in total. The number of methoxy groups -OCH3 is 2. The van der Waals surface area contributed by atoms with Crippen LogP contribution in [0.5, 0.6) is 11.5 Å². The summed E-state index contributed by atoms with van der Waals surface area (Å²) in [6.07, 6.45) is 1.07. The van der Waals surface area contributed by atoms with Crippen molar-refractivity contribution in [2.75, 3.05) is 20.8 Å². The zero-order chi connectivity index (χ0) is 18.4. The Morgan fingerprint density at radius 1 is 1.00 bits per heavy atom. The second-order valence-corrected chi connectivity index (χ2v) is 7.87. The summed E-state index contributed by atoms with van der Waals surface area (Å²) in [5.41, 5.74) is 1.23. The van der Waals surface area contributed by atoms with Crippen molar-refractivity contribution in [2.24, 2.45) is 0 Å². The summed E-state index contributed by atoms with van der Waals surface area (Å²) in [6, 6.07) is 11.6. The van der Waals surface area contributed by atoms with Crippen LogP contribution < -0.4 is 9.47 Å². The molecular weight excluding hydrogens is 330 g/mol. The molecule has 25 heavy (non-hydrogen) atoms. The van der Waals surface area contributed by atoms with E-state index >= 15 is 0 Å². The highest BCUT2D eigenvalue weighted by Crippen LogP contribution is 2.38. The highest BCUT2D eigenvalue weighted by molar-refractivity contribution is 7.10. The second-order valence-electron chi connectivity index (χ2n) is 6.89. The average Bonchev–Trinajstić information content (AvgIpc) is 3.12. The maximum absolute atomic E-state index is 5.68. The van der Waals surface area contributed by atoms with Gasteiger partial charge in [0.1, 0.15) is 11.5 Å². The second kappa shape index (κ2) is 9.25. The Morgan fingerprint density at radius 2 is 1.72 bits per heavy atom. The summed E-state index contributed by atoms with van der Waals surface area (Å²) in [6.45, 7) is 10.2. The minimum absolute atomic E-state index is 0.334. The highest BCUT2D eigenvalue weighted by atomic mass is 32.1. The zero-order valence-electron chi connectivity index (χ0n) is 16.3. The number of hydrogen-bond acceptors (Lipinski definition) is 4. The molecule has 1 aromatic heterocycles. The first kappa shape index (κ1) is 19.8. The van der Waals surface area contributed by atoms with E-state index in [1.54, 1.807) is 14.2 Å². The monoisotopic (exact) mass is 361 g/mol. The molecule has 0 bridgehead atoms. The molecule has 0 radical (unpaired) electrons. The number of rotatable bonds is 9. The van der Waals surface area contributed by atoms with Crippen LogP contribution in [0.1, 0.15) is 50.5 Å². The fourth-order valence-corrected chi connectivity index (χ4v) is 4.32. The van der Waals surface area contributed by atoms with Gasteiger partial charge in [-0.05, 0) is 58.2 Å². The Kier molecular flexibility index (Phi) is 7.33. The summed E-state index contributed by atoms with van der Waals surface area (Å²) in [5, 5.41) is 2.15. The molecule has 138 valence electrons. The van der Waals surface area contributed by atoms with Gasteiger partial charge < -0.3 is 9.47 Å². The van der Waals surface area contributed by atoms with E-state index in [-0.39, 0.29) is 0 Å². The predicted octanol–water partition coefficient (Wildman–Crippen LogP) is 5.41. The van der Waals surface area contributed by atoms with E-state index in [2.05, 4.69) is 56.2 Å². The van der Waals surface area contributed by atoms with Gasteiger partial charge in [-0.3, -0.25) is 4.90 Å². The molecule has 0 spiro atoms. The van der Waals surface area contributed by atoms with E-state index in [0.717, 1.165) is 24.5 Å². The summed E-state index contributed by atoms with van der Waals surface area (Å²) < 4.78 is 11.0. The van der Waals surface area contributed by atoms with Crippen molar-refractivity contribution in [1.29, 1.82) is 0 Å². The van der Waals surface area contributed by atoms with E-state index in [0.29, 0.717) is 18.0 Å². The van der Waals surface area contributed by atoms with Gasteiger partial charge in [0.2, 0.25) is 0 Å². The molecule has 2 rings (SSSR count). The van der Waals surface area contributed by atoms with E-state index in [1.807, 2.05) is 23.5 Å². The molecule has 0 aliphatic carbocycles. The summed E-state index contributed by atoms with van der Waals surface area (Å²) in [5.74, 6) is 2.07. The smallest absolute Gasteiger partial charge is 0.126 e. The molecule has 1 aromatic carbocycles. The van der Waals surface area contributed by atoms with Crippen molar-refractivity contribution < 1.29 is 9.47 Å². The summed E-state index contributed by atoms with van der Waals surface area (Å²) in [4.78, 5) is 3.94. The van der Waals surface area contributed by atoms with Crippen LogP contribution in [-0.2, 0) is 0 Å². The number of ether oxygens (including phenoxy) is 2. The van der Waals surface area contributed by atoms with Crippen LogP contribution in [0.15, 0.2) is 35.7 Å². The quantitative estimate of drug-likeness (QED) is 0.596. The van der Waals surface area contributed by atoms with Gasteiger partial charge in [0.25, 0.3) is 0 Å². The highest BCUT2D eigenvalue weighted by Gasteiger charge is 2.22. The topological polar surface area (TPSA) is 21.7 Å². The lowest BCUT2D eigenvalue weighted by Gasteiger charge is -2.32. The van der Waals surface area contributed by atoms with Gasteiger partial charge >= 0.3 is 0 Å². The largest absolute Gasteiger partial charge is 0.497 e. The molecule has 3 nitrogen and oxygen atoms in total. The Morgan fingerprint density at radius 3 is 2.24 bits per heavy atom. The fourth-order valence-electron chi connectivity index (χ4n) is 3.44. The molecule has 4 heteroatoms. The van der Waals surface area contributed by atoms with E-state index < -0.39 is 0 Å². The summed E-state index contributed by atoms with van der Waals surface area (Å²) >= 11 is 1.82. The van der Waals surface area contributed by atoms with Crippen molar-refractivity contribution in [3.8, 4) is 11.5 Å². The summed E-state index contributed by atoms with van der Waals surface area (Å²) in [7, 11) is 3.42. The third-order valence-corrected chi connectivity index (χ3v) is 5.69. The van der Waals surface area contributed by atoms with E-state index in [4.69, 9.17) is 9.47 Å². The molecule has 1 atom stereocenters. The average molecular weight is 362 g/mol. The molecule has 0 aliphatic rings. The minimum Gasteiger partial charge on any atom is -0.497 e. The Balaban J connectivity index is 2.32. The van der Waals surface area contributed by atoms with Crippen molar-refractivity contribution in [3.63, 3.8) is 0 Å². The van der Waals surface area contributed by atoms with Gasteiger partial charge in [-0.25, -0.2) is 0 Å². The Labute approximate surface area is 156 Å². The Bertz CT molecular complexity index is 629. The normalized spacial score (nSPS) is 12.8. The number of hydrogen-bond donors (Lipinski definition) is 0. The standard InChI is InChI=1S/C21H31NO2S/c1-15(2)22(16(3)4)12-11-19(21-8-7-13-25-21)18-10-9-17(23-5)14-20(18)24-6/h7-10,13-16,19H,11-12H2,1-6H3. The molecular formula is C21H31NO2S. The molecule has 1 heterocycles. The minimum atomic E-state index is 0.334. The third-order valence-electron chi connectivity index (χ3n) is 4.71. The molecule has 2 aromatic rings.